The fourth-order valence-electron chi connectivity index (χ4n) is 3.33. The number of nitrogens with one attached hydrogen (secondary N) is 2. The molecule has 2 aromatic rings. The van der Waals surface area contributed by atoms with Gasteiger partial charge in [-0.3, -0.25) is 14.5 Å². The number of guanidine groups is 1. The largest absolute Gasteiger partial charge is 0.497 e. The lowest BCUT2D eigenvalue weighted by atomic mass is 10.1. The second-order valence-electron chi connectivity index (χ2n) is 6.99. The molecule has 3 rings (SSSR count). The summed E-state index contributed by atoms with van der Waals surface area (Å²) in [7, 11) is 1.65. The molecular weight excluding hydrogens is 380 g/mol. The zero-order valence-corrected chi connectivity index (χ0v) is 17.5. The van der Waals surface area contributed by atoms with Crippen LogP contribution in [0.2, 0.25) is 0 Å². The molecule has 2 aromatic carbocycles. The Kier molecular flexibility index (Phi) is 7.43. The van der Waals surface area contributed by atoms with E-state index in [1.165, 1.54) is 4.90 Å². The normalized spacial score (nSPS) is 13.4. The number of rotatable bonds is 9. The SMILES string of the molecule is CCNC(=NCc1cccc(OC)c1)NCCCCN1C(=O)c2ccccc2C1=O. The predicted molar refractivity (Wildman–Crippen MR) is 117 cm³/mol. The second-order valence-corrected chi connectivity index (χ2v) is 6.99. The number of benzene rings is 2. The second kappa shape index (κ2) is 10.4. The molecule has 2 N–H and O–H groups in total. The van der Waals surface area contributed by atoms with E-state index in [0.29, 0.717) is 30.8 Å². The molecule has 0 aromatic heterocycles. The van der Waals surface area contributed by atoms with Crippen LogP contribution in [0.5, 0.6) is 5.75 Å². The highest BCUT2D eigenvalue weighted by Crippen LogP contribution is 2.22. The average molecular weight is 409 g/mol. The molecule has 1 aliphatic rings. The smallest absolute Gasteiger partial charge is 0.261 e. The summed E-state index contributed by atoms with van der Waals surface area (Å²) in [6.45, 7) is 4.45. The van der Waals surface area contributed by atoms with Crippen LogP contribution in [0.3, 0.4) is 0 Å². The minimum Gasteiger partial charge on any atom is -0.497 e. The summed E-state index contributed by atoms with van der Waals surface area (Å²) in [6, 6.07) is 14.8. The molecule has 30 heavy (non-hydrogen) atoms. The van der Waals surface area contributed by atoms with Gasteiger partial charge in [-0.15, -0.1) is 0 Å². The van der Waals surface area contributed by atoms with Gasteiger partial charge in [0, 0.05) is 19.6 Å². The van der Waals surface area contributed by atoms with E-state index >= 15 is 0 Å². The lowest BCUT2D eigenvalue weighted by Gasteiger charge is -2.15. The fourth-order valence-corrected chi connectivity index (χ4v) is 3.33. The Labute approximate surface area is 177 Å². The van der Waals surface area contributed by atoms with E-state index in [0.717, 1.165) is 36.7 Å². The van der Waals surface area contributed by atoms with E-state index in [4.69, 9.17) is 4.74 Å². The maximum atomic E-state index is 12.4. The Morgan fingerprint density at radius 2 is 1.73 bits per heavy atom. The molecule has 1 aliphatic heterocycles. The Morgan fingerprint density at radius 3 is 2.40 bits per heavy atom. The number of hydrogen-bond acceptors (Lipinski definition) is 4. The Bertz CT molecular complexity index is 891. The van der Waals surface area contributed by atoms with Gasteiger partial charge in [-0.25, -0.2) is 4.99 Å². The van der Waals surface area contributed by atoms with Gasteiger partial charge in [-0.1, -0.05) is 24.3 Å². The molecular formula is C23H28N4O3. The highest BCUT2D eigenvalue weighted by Gasteiger charge is 2.34. The number of fused-ring (bicyclic) bond motifs is 1. The first kappa shape index (κ1) is 21.4. The number of hydrogen-bond donors (Lipinski definition) is 2. The van der Waals surface area contributed by atoms with E-state index in [2.05, 4.69) is 15.6 Å². The number of nitrogens with zero attached hydrogens (tertiary/aromatic N) is 2. The van der Waals surface area contributed by atoms with Crippen LogP contribution in [0.4, 0.5) is 0 Å². The summed E-state index contributed by atoms with van der Waals surface area (Å²) in [6.07, 6.45) is 1.55. The molecule has 0 atom stereocenters. The van der Waals surface area contributed by atoms with Crippen LogP contribution >= 0.6 is 0 Å². The number of aliphatic imine (C=N–C) groups is 1. The first-order valence-corrected chi connectivity index (χ1v) is 10.2. The fraction of sp³-hybridized carbons (Fsp3) is 0.348. The average Bonchev–Trinajstić information content (AvgIpc) is 3.02. The molecule has 2 amide bonds. The maximum Gasteiger partial charge on any atom is 0.261 e. The van der Waals surface area contributed by atoms with Crippen LogP contribution in [0.15, 0.2) is 53.5 Å². The van der Waals surface area contributed by atoms with Crippen molar-refractivity contribution in [3.63, 3.8) is 0 Å². The van der Waals surface area contributed by atoms with Gasteiger partial charge in [0.05, 0.1) is 24.8 Å². The van der Waals surface area contributed by atoms with Crippen LogP contribution in [-0.2, 0) is 6.54 Å². The summed E-state index contributed by atoms with van der Waals surface area (Å²) in [5.41, 5.74) is 2.07. The van der Waals surface area contributed by atoms with Gasteiger partial charge in [0.1, 0.15) is 5.75 Å². The van der Waals surface area contributed by atoms with Crippen molar-refractivity contribution in [2.75, 3.05) is 26.7 Å². The minimum atomic E-state index is -0.197. The lowest BCUT2D eigenvalue weighted by Crippen LogP contribution is -2.38. The Hall–Kier alpha value is -3.35. The molecule has 158 valence electrons. The van der Waals surface area contributed by atoms with Crippen molar-refractivity contribution < 1.29 is 14.3 Å². The molecule has 1 heterocycles. The van der Waals surface area contributed by atoms with Crippen molar-refractivity contribution >= 4 is 17.8 Å². The van der Waals surface area contributed by atoms with Gasteiger partial charge in [-0.05, 0) is 49.6 Å². The minimum absolute atomic E-state index is 0.197. The van der Waals surface area contributed by atoms with Crippen molar-refractivity contribution in [3.05, 3.63) is 65.2 Å². The van der Waals surface area contributed by atoms with Crippen LogP contribution in [0.1, 0.15) is 46.0 Å². The zero-order chi connectivity index (χ0) is 21.3. The molecule has 0 saturated heterocycles. The standard InChI is InChI=1S/C23H28N4O3/c1-3-24-23(26-16-17-9-8-10-18(15-17)30-2)25-13-6-7-14-27-21(28)19-11-4-5-12-20(19)22(27)29/h4-5,8-12,15H,3,6-7,13-14,16H2,1-2H3,(H2,24,25,26). The first-order chi connectivity index (χ1) is 14.6. The summed E-state index contributed by atoms with van der Waals surface area (Å²) >= 11 is 0. The van der Waals surface area contributed by atoms with Gasteiger partial charge in [-0.2, -0.15) is 0 Å². The van der Waals surface area contributed by atoms with Gasteiger partial charge in [0.25, 0.3) is 11.8 Å². The molecule has 7 heteroatoms. The van der Waals surface area contributed by atoms with Crippen molar-refractivity contribution in [3.8, 4) is 5.75 Å². The van der Waals surface area contributed by atoms with Gasteiger partial charge in [0.2, 0.25) is 0 Å². The van der Waals surface area contributed by atoms with E-state index in [9.17, 15) is 9.59 Å². The van der Waals surface area contributed by atoms with Crippen molar-refractivity contribution in [1.29, 1.82) is 0 Å². The van der Waals surface area contributed by atoms with Gasteiger partial charge < -0.3 is 15.4 Å². The molecule has 0 spiro atoms. The maximum absolute atomic E-state index is 12.4. The number of carbonyl (C=O) groups excluding carboxylic acids is 2. The number of unbranched alkanes of at least 4 members (excludes halogenated alkanes) is 1. The highest BCUT2D eigenvalue weighted by atomic mass is 16.5. The molecule has 0 saturated carbocycles. The van der Waals surface area contributed by atoms with E-state index in [1.54, 1.807) is 31.4 Å². The topological polar surface area (TPSA) is 83.0 Å². The monoisotopic (exact) mass is 408 g/mol. The van der Waals surface area contributed by atoms with Crippen molar-refractivity contribution in [1.82, 2.24) is 15.5 Å². The van der Waals surface area contributed by atoms with Crippen molar-refractivity contribution in [2.45, 2.75) is 26.3 Å². The molecule has 0 unspecified atom stereocenters. The molecule has 0 bridgehead atoms. The summed E-state index contributed by atoms with van der Waals surface area (Å²) < 4.78 is 5.25. The molecule has 7 nitrogen and oxygen atoms in total. The summed E-state index contributed by atoms with van der Waals surface area (Å²) in [5.74, 6) is 1.16. The Balaban J connectivity index is 1.45. The zero-order valence-electron chi connectivity index (χ0n) is 17.5. The number of amides is 2. The van der Waals surface area contributed by atoms with Crippen LogP contribution in [-0.4, -0.2) is 49.4 Å². The quantitative estimate of drug-likeness (QED) is 0.289. The van der Waals surface area contributed by atoms with Crippen LogP contribution in [0, 0.1) is 0 Å². The third kappa shape index (κ3) is 5.17. The third-order valence-corrected chi connectivity index (χ3v) is 4.88. The number of methoxy groups -OCH3 is 1. The predicted octanol–water partition coefficient (Wildman–Crippen LogP) is 2.83. The van der Waals surface area contributed by atoms with Crippen LogP contribution < -0.4 is 15.4 Å². The summed E-state index contributed by atoms with van der Waals surface area (Å²) in [5, 5.41) is 6.53. The van der Waals surface area contributed by atoms with E-state index in [-0.39, 0.29) is 11.8 Å². The number of imide groups is 1. The number of ether oxygens (including phenoxy) is 1. The first-order valence-electron chi connectivity index (χ1n) is 10.2. The van der Waals surface area contributed by atoms with Gasteiger partial charge in [0.15, 0.2) is 5.96 Å². The molecule has 0 aliphatic carbocycles. The van der Waals surface area contributed by atoms with E-state index in [1.807, 2.05) is 31.2 Å². The molecule has 0 fully saturated rings. The summed E-state index contributed by atoms with van der Waals surface area (Å²) in [4.78, 5) is 30.7. The lowest BCUT2D eigenvalue weighted by molar-refractivity contribution is 0.0652. The third-order valence-electron chi connectivity index (χ3n) is 4.88. The van der Waals surface area contributed by atoms with Crippen LogP contribution in [0.25, 0.3) is 0 Å². The number of carbonyl (C=O) groups is 2. The Morgan fingerprint density at radius 1 is 1.00 bits per heavy atom. The highest BCUT2D eigenvalue weighted by molar-refractivity contribution is 6.21. The van der Waals surface area contributed by atoms with Crippen molar-refractivity contribution in [2.24, 2.45) is 4.99 Å². The van der Waals surface area contributed by atoms with E-state index < -0.39 is 0 Å². The molecule has 0 radical (unpaired) electrons. The van der Waals surface area contributed by atoms with Gasteiger partial charge >= 0.3 is 0 Å².